The SMILES string of the molecule is CC1CCCN(CC(C)NC(=O)Cc2ccc(N)cc2)C1. The molecule has 4 nitrogen and oxygen atoms in total. The highest BCUT2D eigenvalue weighted by molar-refractivity contribution is 5.78. The first kappa shape index (κ1) is 15.8. The van der Waals surface area contributed by atoms with Crippen LogP contribution in [-0.4, -0.2) is 36.5 Å². The Morgan fingerprint density at radius 2 is 2.14 bits per heavy atom. The first-order valence-electron chi connectivity index (χ1n) is 7.89. The van der Waals surface area contributed by atoms with E-state index in [9.17, 15) is 4.79 Å². The van der Waals surface area contributed by atoms with Gasteiger partial charge < -0.3 is 16.0 Å². The summed E-state index contributed by atoms with van der Waals surface area (Å²) in [7, 11) is 0. The van der Waals surface area contributed by atoms with E-state index in [2.05, 4.69) is 24.1 Å². The molecule has 0 aromatic heterocycles. The number of carbonyl (C=O) groups is 1. The van der Waals surface area contributed by atoms with Gasteiger partial charge in [0, 0.05) is 24.8 Å². The van der Waals surface area contributed by atoms with Gasteiger partial charge in [-0.3, -0.25) is 4.79 Å². The molecule has 1 saturated heterocycles. The largest absolute Gasteiger partial charge is 0.399 e. The highest BCUT2D eigenvalue weighted by Crippen LogP contribution is 2.15. The minimum atomic E-state index is 0.0809. The van der Waals surface area contributed by atoms with Crippen LogP contribution in [0.3, 0.4) is 0 Å². The van der Waals surface area contributed by atoms with Crippen molar-refractivity contribution < 1.29 is 4.79 Å². The quantitative estimate of drug-likeness (QED) is 0.816. The molecule has 1 fully saturated rings. The second-order valence-corrected chi connectivity index (χ2v) is 6.39. The van der Waals surface area contributed by atoms with Gasteiger partial charge in [0.2, 0.25) is 5.91 Å². The third kappa shape index (κ3) is 5.38. The molecule has 3 N–H and O–H groups in total. The molecule has 0 bridgehead atoms. The second kappa shape index (κ2) is 7.46. The lowest BCUT2D eigenvalue weighted by Crippen LogP contribution is -2.45. The highest BCUT2D eigenvalue weighted by Gasteiger charge is 2.18. The Morgan fingerprint density at radius 3 is 2.81 bits per heavy atom. The molecule has 4 heteroatoms. The van der Waals surface area contributed by atoms with Crippen LogP contribution in [0.25, 0.3) is 0 Å². The van der Waals surface area contributed by atoms with Crippen LogP contribution >= 0.6 is 0 Å². The number of nitrogens with two attached hydrogens (primary N) is 1. The van der Waals surface area contributed by atoms with Crippen LogP contribution in [-0.2, 0) is 11.2 Å². The normalized spacial score (nSPS) is 21.0. The highest BCUT2D eigenvalue weighted by atomic mass is 16.1. The minimum absolute atomic E-state index is 0.0809. The average Bonchev–Trinajstić information content (AvgIpc) is 2.41. The number of anilines is 1. The van der Waals surface area contributed by atoms with Crippen LogP contribution in [0.2, 0.25) is 0 Å². The monoisotopic (exact) mass is 289 g/mol. The van der Waals surface area contributed by atoms with Crippen molar-refractivity contribution in [1.29, 1.82) is 0 Å². The lowest BCUT2D eigenvalue weighted by atomic mass is 10.00. The smallest absolute Gasteiger partial charge is 0.224 e. The van der Waals surface area contributed by atoms with Crippen LogP contribution < -0.4 is 11.1 Å². The van der Waals surface area contributed by atoms with Gasteiger partial charge in [0.25, 0.3) is 0 Å². The molecule has 21 heavy (non-hydrogen) atoms. The summed E-state index contributed by atoms with van der Waals surface area (Å²) < 4.78 is 0. The molecule has 2 unspecified atom stereocenters. The third-order valence-electron chi connectivity index (χ3n) is 4.02. The van der Waals surface area contributed by atoms with E-state index in [0.717, 1.165) is 36.8 Å². The fraction of sp³-hybridized carbons (Fsp3) is 0.588. The Kier molecular flexibility index (Phi) is 5.62. The van der Waals surface area contributed by atoms with Crippen LogP contribution in [0.15, 0.2) is 24.3 Å². The summed E-state index contributed by atoms with van der Waals surface area (Å²) in [5.41, 5.74) is 7.38. The molecular weight excluding hydrogens is 262 g/mol. The molecule has 0 radical (unpaired) electrons. The van der Waals surface area contributed by atoms with Gasteiger partial charge in [-0.2, -0.15) is 0 Å². The molecular formula is C17H27N3O. The van der Waals surface area contributed by atoms with Gasteiger partial charge in [0.1, 0.15) is 0 Å². The van der Waals surface area contributed by atoms with Gasteiger partial charge in [-0.25, -0.2) is 0 Å². The van der Waals surface area contributed by atoms with E-state index in [1.807, 2.05) is 24.3 Å². The van der Waals surface area contributed by atoms with Crippen molar-refractivity contribution in [1.82, 2.24) is 10.2 Å². The maximum absolute atomic E-state index is 12.1. The molecule has 0 aliphatic carbocycles. The van der Waals surface area contributed by atoms with Crippen molar-refractivity contribution in [2.75, 3.05) is 25.4 Å². The number of nitrogens with zero attached hydrogens (tertiary/aromatic N) is 1. The van der Waals surface area contributed by atoms with Crippen molar-refractivity contribution in [2.45, 2.75) is 39.2 Å². The molecule has 0 spiro atoms. The molecule has 1 aromatic rings. The van der Waals surface area contributed by atoms with E-state index in [0.29, 0.717) is 6.42 Å². The number of benzene rings is 1. The Morgan fingerprint density at radius 1 is 1.43 bits per heavy atom. The van der Waals surface area contributed by atoms with Crippen molar-refractivity contribution in [3.8, 4) is 0 Å². The Bertz CT molecular complexity index is 458. The zero-order valence-electron chi connectivity index (χ0n) is 13.1. The molecule has 1 aromatic carbocycles. The second-order valence-electron chi connectivity index (χ2n) is 6.39. The number of rotatable bonds is 5. The van der Waals surface area contributed by atoms with Gasteiger partial charge in [0.15, 0.2) is 0 Å². The van der Waals surface area contributed by atoms with Gasteiger partial charge in [0.05, 0.1) is 6.42 Å². The number of nitrogens with one attached hydrogen (secondary N) is 1. The zero-order chi connectivity index (χ0) is 15.2. The number of hydrogen-bond donors (Lipinski definition) is 2. The standard InChI is InChI=1S/C17H27N3O/c1-13-4-3-9-20(11-13)12-14(2)19-17(21)10-15-5-7-16(18)8-6-15/h5-8,13-14H,3-4,9-12,18H2,1-2H3,(H,19,21). The molecule has 1 heterocycles. The summed E-state index contributed by atoms with van der Waals surface area (Å²) in [4.78, 5) is 14.5. The van der Waals surface area contributed by atoms with Crippen molar-refractivity contribution >= 4 is 11.6 Å². The van der Waals surface area contributed by atoms with E-state index in [1.54, 1.807) is 0 Å². The molecule has 1 amide bonds. The number of carbonyl (C=O) groups excluding carboxylic acids is 1. The maximum Gasteiger partial charge on any atom is 0.224 e. The first-order chi connectivity index (χ1) is 10.0. The average molecular weight is 289 g/mol. The zero-order valence-corrected chi connectivity index (χ0v) is 13.1. The van der Waals surface area contributed by atoms with Crippen molar-refractivity contribution in [3.05, 3.63) is 29.8 Å². The van der Waals surface area contributed by atoms with E-state index in [4.69, 9.17) is 5.73 Å². The van der Waals surface area contributed by atoms with E-state index in [-0.39, 0.29) is 11.9 Å². The van der Waals surface area contributed by atoms with E-state index >= 15 is 0 Å². The first-order valence-corrected chi connectivity index (χ1v) is 7.89. The van der Waals surface area contributed by atoms with Gasteiger partial charge in [-0.1, -0.05) is 19.1 Å². The molecule has 1 aliphatic heterocycles. The summed E-state index contributed by atoms with van der Waals surface area (Å²) in [6.07, 6.45) is 3.02. The summed E-state index contributed by atoms with van der Waals surface area (Å²) in [6, 6.07) is 7.68. The number of nitrogen functional groups attached to an aromatic ring is 1. The maximum atomic E-state index is 12.1. The van der Waals surface area contributed by atoms with Crippen molar-refractivity contribution in [3.63, 3.8) is 0 Å². The molecule has 2 atom stereocenters. The van der Waals surface area contributed by atoms with E-state index < -0.39 is 0 Å². The van der Waals surface area contributed by atoms with E-state index in [1.165, 1.54) is 12.8 Å². The van der Waals surface area contributed by atoms with Gasteiger partial charge >= 0.3 is 0 Å². The molecule has 116 valence electrons. The summed E-state index contributed by atoms with van der Waals surface area (Å²) in [5, 5.41) is 3.09. The Labute approximate surface area is 127 Å². The Balaban J connectivity index is 1.75. The van der Waals surface area contributed by atoms with Crippen LogP contribution in [0.5, 0.6) is 0 Å². The van der Waals surface area contributed by atoms with Crippen LogP contribution in [0.1, 0.15) is 32.3 Å². The lowest BCUT2D eigenvalue weighted by Gasteiger charge is -2.32. The fourth-order valence-corrected chi connectivity index (χ4v) is 3.03. The predicted octanol–water partition coefficient (Wildman–Crippen LogP) is 2.05. The fourth-order valence-electron chi connectivity index (χ4n) is 3.03. The summed E-state index contributed by atoms with van der Waals surface area (Å²) in [6.45, 7) is 7.63. The van der Waals surface area contributed by atoms with Gasteiger partial charge in [-0.05, 0) is 49.9 Å². The predicted molar refractivity (Wildman–Crippen MR) is 87.0 cm³/mol. The van der Waals surface area contributed by atoms with Crippen LogP contribution in [0, 0.1) is 5.92 Å². The third-order valence-corrected chi connectivity index (χ3v) is 4.02. The molecule has 1 aliphatic rings. The minimum Gasteiger partial charge on any atom is -0.399 e. The number of likely N-dealkylation sites (tertiary alicyclic amines) is 1. The summed E-state index contributed by atoms with van der Waals surface area (Å²) in [5.74, 6) is 0.855. The summed E-state index contributed by atoms with van der Waals surface area (Å²) >= 11 is 0. The topological polar surface area (TPSA) is 58.4 Å². The number of hydrogen-bond acceptors (Lipinski definition) is 3. The van der Waals surface area contributed by atoms with Crippen LogP contribution in [0.4, 0.5) is 5.69 Å². The Hall–Kier alpha value is -1.55. The van der Waals surface area contributed by atoms with Gasteiger partial charge in [-0.15, -0.1) is 0 Å². The molecule has 0 saturated carbocycles. The molecule has 2 rings (SSSR count). The van der Waals surface area contributed by atoms with Crippen molar-refractivity contribution in [2.24, 2.45) is 5.92 Å². The lowest BCUT2D eigenvalue weighted by molar-refractivity contribution is -0.121. The number of piperidine rings is 1. The number of amides is 1.